The van der Waals surface area contributed by atoms with Gasteiger partial charge in [-0.1, -0.05) is 19.9 Å². The number of piperazine rings is 1. The Labute approximate surface area is 194 Å². The summed E-state index contributed by atoms with van der Waals surface area (Å²) in [4.78, 5) is 26.0. The van der Waals surface area contributed by atoms with Gasteiger partial charge in [-0.3, -0.25) is 9.78 Å². The molecule has 0 radical (unpaired) electrons. The van der Waals surface area contributed by atoms with Gasteiger partial charge in [-0.2, -0.15) is 0 Å². The van der Waals surface area contributed by atoms with E-state index in [1.54, 1.807) is 23.4 Å². The van der Waals surface area contributed by atoms with Crippen molar-refractivity contribution in [2.75, 3.05) is 45.1 Å². The molecule has 3 aromatic rings. The van der Waals surface area contributed by atoms with Crippen LogP contribution in [-0.2, 0) is 6.42 Å². The van der Waals surface area contributed by atoms with Crippen LogP contribution < -0.4 is 5.32 Å². The van der Waals surface area contributed by atoms with Crippen LogP contribution in [0.4, 0.5) is 10.2 Å². The topological polar surface area (TPSA) is 61.4 Å². The highest BCUT2D eigenvalue weighted by molar-refractivity contribution is 5.95. The Morgan fingerprint density at radius 3 is 2.39 bits per heavy atom. The molecule has 0 bridgehead atoms. The molecule has 4 rings (SSSR count). The minimum atomic E-state index is -0.500. The fraction of sp³-hybridized carbons (Fsp3) is 0.346. The molecule has 0 atom stereocenters. The van der Waals surface area contributed by atoms with E-state index in [2.05, 4.69) is 27.1 Å². The SMILES string of the molecule is CCc1nccc(-c2ccc(C(=O)N3CCN(CC)CC3)c(F)c2)c1-c1ccc(NC)nc1. The van der Waals surface area contributed by atoms with Gasteiger partial charge in [0.25, 0.3) is 5.91 Å². The summed E-state index contributed by atoms with van der Waals surface area (Å²) in [6.07, 6.45) is 4.28. The Bertz CT molecular complexity index is 1120. The van der Waals surface area contributed by atoms with Gasteiger partial charge in [0.15, 0.2) is 0 Å². The molecular weight excluding hydrogens is 417 g/mol. The van der Waals surface area contributed by atoms with Crippen molar-refractivity contribution >= 4 is 11.7 Å². The number of halogens is 1. The lowest BCUT2D eigenvalue weighted by Gasteiger charge is -2.34. The first-order chi connectivity index (χ1) is 16.0. The molecule has 6 nitrogen and oxygen atoms in total. The summed E-state index contributed by atoms with van der Waals surface area (Å²) in [6.45, 7) is 8.01. The van der Waals surface area contributed by atoms with Crippen LogP contribution in [0.3, 0.4) is 0 Å². The number of nitrogens with one attached hydrogen (secondary N) is 1. The predicted octanol–water partition coefficient (Wildman–Crippen LogP) is 4.33. The summed E-state index contributed by atoms with van der Waals surface area (Å²) in [7, 11) is 1.82. The number of amides is 1. The third kappa shape index (κ3) is 4.73. The number of rotatable bonds is 6. The van der Waals surface area contributed by atoms with Gasteiger partial charge in [0.05, 0.1) is 5.56 Å². The Morgan fingerprint density at radius 2 is 1.79 bits per heavy atom. The Balaban J connectivity index is 1.67. The van der Waals surface area contributed by atoms with E-state index in [9.17, 15) is 4.79 Å². The van der Waals surface area contributed by atoms with Crippen LogP contribution in [0.15, 0.2) is 48.8 Å². The summed E-state index contributed by atoms with van der Waals surface area (Å²) >= 11 is 0. The molecular formula is C26H30FN5O. The molecule has 0 aliphatic carbocycles. The molecule has 0 saturated carbocycles. The lowest BCUT2D eigenvalue weighted by molar-refractivity contribution is 0.0639. The zero-order valence-electron chi connectivity index (χ0n) is 19.4. The van der Waals surface area contributed by atoms with Crippen LogP contribution in [-0.4, -0.2) is 65.4 Å². The number of hydrogen-bond donors (Lipinski definition) is 1. The lowest BCUT2D eigenvalue weighted by Crippen LogP contribution is -2.48. The first-order valence-corrected chi connectivity index (χ1v) is 11.5. The van der Waals surface area contributed by atoms with Crippen molar-refractivity contribution in [3.05, 3.63) is 65.9 Å². The molecule has 3 heterocycles. The normalized spacial score (nSPS) is 14.4. The highest BCUT2D eigenvalue weighted by Crippen LogP contribution is 2.35. The van der Waals surface area contributed by atoms with E-state index in [0.717, 1.165) is 54.3 Å². The maximum absolute atomic E-state index is 15.2. The molecule has 1 amide bonds. The molecule has 1 aliphatic rings. The third-order valence-electron chi connectivity index (χ3n) is 6.29. The Morgan fingerprint density at radius 1 is 1.03 bits per heavy atom. The maximum atomic E-state index is 15.2. The fourth-order valence-corrected chi connectivity index (χ4v) is 4.32. The summed E-state index contributed by atoms with van der Waals surface area (Å²) in [5.41, 5.74) is 4.48. The number of nitrogens with zero attached hydrogens (tertiary/aromatic N) is 4. The van der Waals surface area contributed by atoms with Crippen molar-refractivity contribution in [2.24, 2.45) is 0 Å². The zero-order valence-corrected chi connectivity index (χ0v) is 19.4. The van der Waals surface area contributed by atoms with Gasteiger partial charge in [-0.15, -0.1) is 0 Å². The molecule has 1 saturated heterocycles. The zero-order chi connectivity index (χ0) is 23.4. The number of hydrogen-bond acceptors (Lipinski definition) is 5. The van der Waals surface area contributed by atoms with Crippen LogP contribution in [0.2, 0.25) is 0 Å². The molecule has 33 heavy (non-hydrogen) atoms. The number of likely N-dealkylation sites (N-methyl/N-ethyl adjacent to an activating group) is 1. The van der Waals surface area contributed by atoms with E-state index in [-0.39, 0.29) is 11.5 Å². The van der Waals surface area contributed by atoms with Crippen molar-refractivity contribution in [3.8, 4) is 22.3 Å². The summed E-state index contributed by atoms with van der Waals surface area (Å²) < 4.78 is 15.2. The highest BCUT2D eigenvalue weighted by Gasteiger charge is 2.24. The van der Waals surface area contributed by atoms with Crippen molar-refractivity contribution in [2.45, 2.75) is 20.3 Å². The molecule has 7 heteroatoms. The largest absolute Gasteiger partial charge is 0.373 e. The summed E-state index contributed by atoms with van der Waals surface area (Å²) in [6, 6.07) is 10.7. The van der Waals surface area contributed by atoms with Crippen molar-refractivity contribution in [1.82, 2.24) is 19.8 Å². The molecule has 1 fully saturated rings. The van der Waals surface area contributed by atoms with Gasteiger partial charge in [0.2, 0.25) is 0 Å². The number of pyridine rings is 2. The lowest BCUT2D eigenvalue weighted by atomic mass is 9.93. The fourth-order valence-electron chi connectivity index (χ4n) is 4.32. The second kappa shape index (κ2) is 10.1. The van der Waals surface area contributed by atoms with E-state index in [4.69, 9.17) is 0 Å². The molecule has 2 aromatic heterocycles. The number of aromatic nitrogens is 2. The molecule has 172 valence electrons. The van der Waals surface area contributed by atoms with Gasteiger partial charge in [-0.05, 0) is 54.4 Å². The van der Waals surface area contributed by atoms with E-state index >= 15 is 4.39 Å². The predicted molar refractivity (Wildman–Crippen MR) is 130 cm³/mol. The van der Waals surface area contributed by atoms with E-state index in [0.29, 0.717) is 18.7 Å². The molecule has 1 N–H and O–H groups in total. The van der Waals surface area contributed by atoms with Gasteiger partial charge < -0.3 is 15.1 Å². The molecule has 1 aromatic carbocycles. The highest BCUT2D eigenvalue weighted by atomic mass is 19.1. The molecule has 0 spiro atoms. The number of carbonyl (C=O) groups is 1. The maximum Gasteiger partial charge on any atom is 0.256 e. The van der Waals surface area contributed by atoms with Crippen LogP contribution >= 0.6 is 0 Å². The van der Waals surface area contributed by atoms with Crippen LogP contribution in [0, 0.1) is 5.82 Å². The quantitative estimate of drug-likeness (QED) is 0.609. The average Bonchev–Trinajstić information content (AvgIpc) is 2.88. The minimum absolute atomic E-state index is 0.120. The van der Waals surface area contributed by atoms with Crippen LogP contribution in [0.25, 0.3) is 22.3 Å². The minimum Gasteiger partial charge on any atom is -0.373 e. The third-order valence-corrected chi connectivity index (χ3v) is 6.29. The second-order valence-corrected chi connectivity index (χ2v) is 8.14. The number of anilines is 1. The van der Waals surface area contributed by atoms with Crippen molar-refractivity contribution in [1.29, 1.82) is 0 Å². The first kappa shape index (κ1) is 22.9. The molecule has 1 aliphatic heterocycles. The van der Waals surface area contributed by atoms with Crippen molar-refractivity contribution < 1.29 is 9.18 Å². The summed E-state index contributed by atoms with van der Waals surface area (Å²) in [5, 5.41) is 3.02. The van der Waals surface area contributed by atoms with Gasteiger partial charge in [0, 0.05) is 62.4 Å². The average molecular weight is 448 g/mol. The first-order valence-electron chi connectivity index (χ1n) is 11.5. The number of aryl methyl sites for hydroxylation is 1. The Kier molecular flexibility index (Phi) is 6.99. The van der Waals surface area contributed by atoms with Crippen LogP contribution in [0.5, 0.6) is 0 Å². The van der Waals surface area contributed by atoms with Gasteiger partial charge >= 0.3 is 0 Å². The van der Waals surface area contributed by atoms with Crippen molar-refractivity contribution in [3.63, 3.8) is 0 Å². The van der Waals surface area contributed by atoms with Gasteiger partial charge in [-0.25, -0.2) is 9.37 Å². The monoisotopic (exact) mass is 447 g/mol. The second-order valence-electron chi connectivity index (χ2n) is 8.14. The van der Waals surface area contributed by atoms with E-state index < -0.39 is 5.82 Å². The van der Waals surface area contributed by atoms with Crippen LogP contribution in [0.1, 0.15) is 29.9 Å². The van der Waals surface area contributed by atoms with Gasteiger partial charge in [0.1, 0.15) is 11.6 Å². The van der Waals surface area contributed by atoms with E-state index in [1.807, 2.05) is 38.2 Å². The Hall–Kier alpha value is -3.32. The smallest absolute Gasteiger partial charge is 0.256 e. The number of benzene rings is 1. The number of carbonyl (C=O) groups excluding carboxylic acids is 1. The summed E-state index contributed by atoms with van der Waals surface area (Å²) in [5.74, 6) is 0.0293. The molecule has 0 unspecified atom stereocenters. The standard InChI is InChI=1S/C26H30FN5O/c1-4-23-25(19-7-9-24(28-3)30-17-19)20(10-11-29-23)18-6-8-21(22(27)16-18)26(33)32-14-12-31(5-2)13-15-32/h6-11,16-17H,4-5,12-15H2,1-3H3,(H,28,30). The van der Waals surface area contributed by atoms with E-state index in [1.165, 1.54) is 6.07 Å².